The first kappa shape index (κ1) is 21.5. The average molecular weight is 510 g/mol. The zero-order valence-electron chi connectivity index (χ0n) is 21.6. The van der Waals surface area contributed by atoms with Gasteiger partial charge in [0, 0.05) is 44.1 Å². The molecule has 40 heavy (non-hydrogen) atoms. The van der Waals surface area contributed by atoms with Gasteiger partial charge >= 0.3 is 0 Å². The van der Waals surface area contributed by atoms with E-state index in [2.05, 4.69) is 135 Å². The zero-order chi connectivity index (χ0) is 26.2. The molecule has 0 N–H and O–H groups in total. The van der Waals surface area contributed by atoms with Crippen LogP contribution in [-0.2, 0) is 0 Å². The highest BCUT2D eigenvalue weighted by molar-refractivity contribution is 6.31. The highest BCUT2D eigenvalue weighted by Gasteiger charge is 2.19. The second kappa shape index (κ2) is 8.05. The van der Waals surface area contributed by atoms with Crippen LogP contribution in [0.1, 0.15) is 0 Å². The van der Waals surface area contributed by atoms with Crippen molar-refractivity contribution in [3.63, 3.8) is 0 Å². The molecule has 4 heterocycles. The normalized spacial score (nSPS) is 12.0. The molecule has 9 aromatic rings. The van der Waals surface area contributed by atoms with Crippen LogP contribution < -0.4 is 0 Å². The highest BCUT2D eigenvalue weighted by atomic mass is 15.0. The maximum Gasteiger partial charge on any atom is 0.0651 e. The van der Waals surface area contributed by atoms with Gasteiger partial charge in [0.25, 0.3) is 0 Å². The van der Waals surface area contributed by atoms with Crippen LogP contribution in [-0.4, -0.2) is 14.0 Å². The summed E-state index contributed by atoms with van der Waals surface area (Å²) in [5.74, 6) is 0. The van der Waals surface area contributed by atoms with Crippen LogP contribution in [0.2, 0.25) is 0 Å². The van der Waals surface area contributed by atoms with Gasteiger partial charge in [-0.1, -0.05) is 91.0 Å². The van der Waals surface area contributed by atoms with Crippen LogP contribution in [0, 0.1) is 0 Å². The van der Waals surface area contributed by atoms with Crippen LogP contribution in [0.3, 0.4) is 0 Å². The number of rotatable bonds is 2. The molecular weight excluding hydrogens is 486 g/mol. The maximum atomic E-state index is 4.68. The molecule has 3 heteroatoms. The van der Waals surface area contributed by atoms with Crippen molar-refractivity contribution in [3.8, 4) is 16.8 Å². The third-order valence-electron chi connectivity index (χ3n) is 8.33. The van der Waals surface area contributed by atoms with E-state index >= 15 is 0 Å². The summed E-state index contributed by atoms with van der Waals surface area (Å²) >= 11 is 0. The second-order valence-corrected chi connectivity index (χ2v) is 10.5. The van der Waals surface area contributed by atoms with Gasteiger partial charge in [-0.05, 0) is 42.0 Å². The topological polar surface area (TPSA) is 22.2 Å². The first-order valence-electron chi connectivity index (χ1n) is 13.6. The lowest BCUT2D eigenvalue weighted by atomic mass is 9.99. The molecule has 0 aliphatic carbocycles. The Bertz CT molecular complexity index is 2430. The van der Waals surface area contributed by atoms with E-state index in [0.717, 1.165) is 16.8 Å². The van der Waals surface area contributed by atoms with Gasteiger partial charge in [-0.25, -0.2) is 0 Å². The van der Waals surface area contributed by atoms with Gasteiger partial charge in [-0.2, -0.15) is 0 Å². The van der Waals surface area contributed by atoms with Gasteiger partial charge in [0.2, 0.25) is 0 Å². The van der Waals surface area contributed by atoms with Crippen LogP contribution in [0.15, 0.2) is 140 Å². The number of fused-ring (bicyclic) bond motifs is 12. The summed E-state index contributed by atoms with van der Waals surface area (Å²) in [7, 11) is 0. The van der Waals surface area contributed by atoms with Crippen molar-refractivity contribution in [2.75, 3.05) is 0 Å². The predicted octanol–water partition coefficient (Wildman–Crippen LogP) is 9.56. The molecule has 9 rings (SSSR count). The number of pyridine rings is 2. The number of aromatic nitrogens is 3. The summed E-state index contributed by atoms with van der Waals surface area (Å²) in [4.78, 5) is 4.68. The highest BCUT2D eigenvalue weighted by Crippen LogP contribution is 2.42. The number of hydrogen-bond acceptors (Lipinski definition) is 1. The van der Waals surface area contributed by atoms with E-state index in [-0.39, 0.29) is 0 Å². The molecule has 4 aromatic heterocycles. The molecule has 0 aliphatic rings. The van der Waals surface area contributed by atoms with Gasteiger partial charge in [-0.15, -0.1) is 0 Å². The minimum Gasteiger partial charge on any atom is -0.309 e. The Labute approximate surface area is 230 Å². The SMILES string of the molecule is c1ccc(-c2cncc(-n3c4ccccc4c4c5c6ccccc6n6c7ccccc7cc6c5ccc43)c2)cc1. The predicted molar refractivity (Wildman–Crippen MR) is 167 cm³/mol. The number of para-hydroxylation sites is 3. The molecule has 0 unspecified atom stereocenters. The standard InChI is InChI=1S/C37H23N3/c1-2-10-24(11-3-1)26-20-27(23-38-22-26)39-32-16-8-6-14-29(32)37-34(39)19-18-30-35-21-25-12-4-7-15-31(25)40(35)33-17-9-5-13-28(33)36(30)37/h1-23H. The van der Waals surface area contributed by atoms with E-state index in [0.29, 0.717) is 0 Å². The minimum atomic E-state index is 1.06. The van der Waals surface area contributed by atoms with Crippen molar-refractivity contribution in [1.29, 1.82) is 0 Å². The van der Waals surface area contributed by atoms with Crippen LogP contribution >= 0.6 is 0 Å². The van der Waals surface area contributed by atoms with E-state index in [9.17, 15) is 0 Å². The van der Waals surface area contributed by atoms with Crippen molar-refractivity contribution >= 4 is 59.9 Å². The van der Waals surface area contributed by atoms with E-state index in [1.54, 1.807) is 0 Å². The largest absolute Gasteiger partial charge is 0.309 e. The molecule has 0 radical (unpaired) electrons. The van der Waals surface area contributed by atoms with E-state index < -0.39 is 0 Å². The second-order valence-electron chi connectivity index (χ2n) is 10.5. The van der Waals surface area contributed by atoms with Crippen LogP contribution in [0.5, 0.6) is 0 Å². The van der Waals surface area contributed by atoms with E-state index in [1.807, 2.05) is 18.5 Å². The Morgan fingerprint density at radius 1 is 0.425 bits per heavy atom. The van der Waals surface area contributed by atoms with E-state index in [4.69, 9.17) is 0 Å². The molecule has 0 bridgehead atoms. The lowest BCUT2D eigenvalue weighted by Gasteiger charge is -2.13. The molecule has 0 amide bonds. The van der Waals surface area contributed by atoms with Crippen molar-refractivity contribution in [1.82, 2.24) is 14.0 Å². The maximum absolute atomic E-state index is 4.68. The third-order valence-corrected chi connectivity index (χ3v) is 8.33. The number of hydrogen-bond donors (Lipinski definition) is 0. The fraction of sp³-hybridized carbons (Fsp3) is 0. The molecular formula is C37H23N3. The summed E-state index contributed by atoms with van der Waals surface area (Å²) in [5.41, 5.74) is 9.40. The fourth-order valence-electron chi connectivity index (χ4n) is 6.66. The molecule has 0 saturated heterocycles. The molecule has 3 nitrogen and oxygen atoms in total. The van der Waals surface area contributed by atoms with Crippen molar-refractivity contribution in [3.05, 3.63) is 140 Å². The monoisotopic (exact) mass is 509 g/mol. The Kier molecular flexibility index (Phi) is 4.33. The van der Waals surface area contributed by atoms with Gasteiger partial charge in [0.1, 0.15) is 0 Å². The molecule has 0 spiro atoms. The fourth-order valence-corrected chi connectivity index (χ4v) is 6.66. The lowest BCUT2D eigenvalue weighted by Crippen LogP contribution is -1.96. The minimum absolute atomic E-state index is 1.06. The first-order valence-corrected chi connectivity index (χ1v) is 13.6. The smallest absolute Gasteiger partial charge is 0.0651 e. The lowest BCUT2D eigenvalue weighted by molar-refractivity contribution is 1.14. The van der Waals surface area contributed by atoms with Crippen molar-refractivity contribution in [2.24, 2.45) is 0 Å². The van der Waals surface area contributed by atoms with E-state index in [1.165, 1.54) is 59.9 Å². The molecule has 0 fully saturated rings. The zero-order valence-corrected chi connectivity index (χ0v) is 21.6. The first-order chi connectivity index (χ1) is 19.9. The molecule has 5 aromatic carbocycles. The Morgan fingerprint density at radius 2 is 1.10 bits per heavy atom. The summed E-state index contributed by atoms with van der Waals surface area (Å²) in [6, 6.07) is 45.9. The third kappa shape index (κ3) is 2.86. The van der Waals surface area contributed by atoms with Gasteiger partial charge < -0.3 is 8.97 Å². The summed E-state index contributed by atoms with van der Waals surface area (Å²) in [6.07, 6.45) is 3.92. The quantitative estimate of drug-likeness (QED) is 0.213. The molecule has 186 valence electrons. The number of nitrogens with zero attached hydrogens (tertiary/aromatic N) is 3. The Balaban J connectivity index is 1.47. The molecule has 0 atom stereocenters. The Morgan fingerprint density at radius 3 is 1.95 bits per heavy atom. The van der Waals surface area contributed by atoms with Gasteiger partial charge in [0.15, 0.2) is 0 Å². The average Bonchev–Trinajstić information content (AvgIpc) is 3.58. The molecule has 0 saturated carbocycles. The van der Waals surface area contributed by atoms with Gasteiger partial charge in [0.05, 0.1) is 39.5 Å². The summed E-state index contributed by atoms with van der Waals surface area (Å²) in [6.45, 7) is 0. The Hall–Kier alpha value is -5.41. The van der Waals surface area contributed by atoms with Crippen LogP contribution in [0.4, 0.5) is 0 Å². The number of benzene rings is 5. The summed E-state index contributed by atoms with van der Waals surface area (Å²) in [5, 5.41) is 7.61. The van der Waals surface area contributed by atoms with Crippen molar-refractivity contribution < 1.29 is 0 Å². The molecule has 0 aliphatic heterocycles. The van der Waals surface area contributed by atoms with Gasteiger partial charge in [-0.3, -0.25) is 4.98 Å². The van der Waals surface area contributed by atoms with Crippen LogP contribution in [0.25, 0.3) is 76.7 Å². The van der Waals surface area contributed by atoms with Crippen molar-refractivity contribution in [2.45, 2.75) is 0 Å². The summed E-state index contributed by atoms with van der Waals surface area (Å²) < 4.78 is 4.79.